The third-order valence-electron chi connectivity index (χ3n) is 2.38. The molecule has 0 aliphatic carbocycles. The summed E-state index contributed by atoms with van der Waals surface area (Å²) in [6, 6.07) is 6.01. The molecular weight excluding hydrogens is 208 g/mol. The fourth-order valence-electron chi connectivity index (χ4n) is 1.49. The van der Waals surface area contributed by atoms with Gasteiger partial charge in [0.2, 0.25) is 0 Å². The van der Waals surface area contributed by atoms with Crippen molar-refractivity contribution in [3.8, 4) is 5.75 Å². The SMILES string of the molecule is CC(=O)CCC(C(=O)O)c1ccc(O)cc1. The monoisotopic (exact) mass is 222 g/mol. The molecule has 0 heterocycles. The highest BCUT2D eigenvalue weighted by Crippen LogP contribution is 2.23. The second-order valence-corrected chi connectivity index (χ2v) is 3.72. The maximum absolute atomic E-state index is 11.0. The van der Waals surface area contributed by atoms with Gasteiger partial charge in [-0.3, -0.25) is 4.79 Å². The van der Waals surface area contributed by atoms with Crippen LogP contribution in [0.4, 0.5) is 0 Å². The molecule has 16 heavy (non-hydrogen) atoms. The molecule has 1 unspecified atom stereocenters. The molecule has 0 spiro atoms. The average molecular weight is 222 g/mol. The number of carboxylic acid groups (broad SMARTS) is 1. The van der Waals surface area contributed by atoms with E-state index in [0.29, 0.717) is 5.56 Å². The van der Waals surface area contributed by atoms with Gasteiger partial charge in [-0.2, -0.15) is 0 Å². The number of aromatic hydroxyl groups is 1. The number of phenolic OH excluding ortho intramolecular Hbond substituents is 1. The van der Waals surface area contributed by atoms with Crippen LogP contribution in [0.25, 0.3) is 0 Å². The molecule has 1 aromatic carbocycles. The van der Waals surface area contributed by atoms with E-state index in [1.807, 2.05) is 0 Å². The topological polar surface area (TPSA) is 74.6 Å². The fourth-order valence-corrected chi connectivity index (χ4v) is 1.49. The lowest BCUT2D eigenvalue weighted by atomic mass is 9.93. The zero-order valence-electron chi connectivity index (χ0n) is 9.01. The van der Waals surface area contributed by atoms with Gasteiger partial charge in [0.05, 0.1) is 5.92 Å². The first-order valence-electron chi connectivity index (χ1n) is 5.02. The number of hydrogen-bond acceptors (Lipinski definition) is 3. The van der Waals surface area contributed by atoms with Crippen molar-refractivity contribution in [2.75, 3.05) is 0 Å². The largest absolute Gasteiger partial charge is 0.508 e. The van der Waals surface area contributed by atoms with Crippen LogP contribution >= 0.6 is 0 Å². The molecule has 0 fully saturated rings. The first-order valence-corrected chi connectivity index (χ1v) is 5.02. The number of Topliss-reactive ketones (excluding diaryl/α,β-unsaturated/α-hetero) is 1. The summed E-state index contributed by atoms with van der Waals surface area (Å²) in [6.07, 6.45) is 0.535. The van der Waals surface area contributed by atoms with Gasteiger partial charge >= 0.3 is 5.97 Å². The van der Waals surface area contributed by atoms with Crippen LogP contribution in [-0.2, 0) is 9.59 Å². The molecule has 0 aliphatic rings. The fraction of sp³-hybridized carbons (Fsp3) is 0.333. The van der Waals surface area contributed by atoms with E-state index >= 15 is 0 Å². The van der Waals surface area contributed by atoms with Crippen LogP contribution in [0.3, 0.4) is 0 Å². The molecule has 0 amide bonds. The van der Waals surface area contributed by atoms with Crippen LogP contribution in [0.2, 0.25) is 0 Å². The summed E-state index contributed by atoms with van der Waals surface area (Å²) in [5.41, 5.74) is 0.603. The number of carboxylic acids is 1. The zero-order chi connectivity index (χ0) is 12.1. The van der Waals surface area contributed by atoms with Crippen molar-refractivity contribution >= 4 is 11.8 Å². The van der Waals surface area contributed by atoms with Crippen molar-refractivity contribution in [1.82, 2.24) is 0 Å². The summed E-state index contributed by atoms with van der Waals surface area (Å²) in [5, 5.41) is 18.1. The molecule has 0 bridgehead atoms. The van der Waals surface area contributed by atoms with Gasteiger partial charge in [-0.05, 0) is 31.0 Å². The molecule has 0 aliphatic heterocycles. The third kappa shape index (κ3) is 3.38. The van der Waals surface area contributed by atoms with E-state index in [1.165, 1.54) is 19.1 Å². The summed E-state index contributed by atoms with van der Waals surface area (Å²) in [7, 11) is 0. The summed E-state index contributed by atoms with van der Waals surface area (Å²) in [6.45, 7) is 1.44. The Labute approximate surface area is 93.5 Å². The number of carbonyl (C=O) groups excluding carboxylic acids is 1. The van der Waals surface area contributed by atoms with E-state index in [9.17, 15) is 9.59 Å². The van der Waals surface area contributed by atoms with Gasteiger partial charge in [0.15, 0.2) is 0 Å². The minimum atomic E-state index is -0.952. The number of hydrogen-bond donors (Lipinski definition) is 2. The van der Waals surface area contributed by atoms with Crippen LogP contribution in [0.15, 0.2) is 24.3 Å². The Morgan fingerprint density at radius 1 is 1.25 bits per heavy atom. The summed E-state index contributed by atoms with van der Waals surface area (Å²) in [4.78, 5) is 21.8. The zero-order valence-corrected chi connectivity index (χ0v) is 9.01. The van der Waals surface area contributed by atoms with Crippen molar-refractivity contribution < 1.29 is 19.8 Å². The molecule has 0 aromatic heterocycles. The molecule has 2 N–H and O–H groups in total. The quantitative estimate of drug-likeness (QED) is 0.798. The molecule has 0 saturated carbocycles. The van der Waals surface area contributed by atoms with E-state index in [2.05, 4.69) is 0 Å². The van der Waals surface area contributed by atoms with Crippen molar-refractivity contribution in [3.05, 3.63) is 29.8 Å². The van der Waals surface area contributed by atoms with Gasteiger partial charge in [-0.15, -0.1) is 0 Å². The maximum atomic E-state index is 11.0. The predicted octanol–water partition coefficient (Wildman–Crippen LogP) is 1.93. The van der Waals surface area contributed by atoms with Gasteiger partial charge < -0.3 is 15.0 Å². The van der Waals surface area contributed by atoms with Crippen molar-refractivity contribution in [1.29, 1.82) is 0 Å². The minimum Gasteiger partial charge on any atom is -0.508 e. The van der Waals surface area contributed by atoms with E-state index in [1.54, 1.807) is 12.1 Å². The van der Waals surface area contributed by atoms with Gasteiger partial charge in [0.1, 0.15) is 11.5 Å². The molecule has 1 aromatic rings. The van der Waals surface area contributed by atoms with Gasteiger partial charge in [-0.1, -0.05) is 12.1 Å². The second-order valence-electron chi connectivity index (χ2n) is 3.72. The second kappa shape index (κ2) is 5.30. The lowest BCUT2D eigenvalue weighted by Gasteiger charge is -2.11. The highest BCUT2D eigenvalue weighted by molar-refractivity contribution is 5.79. The smallest absolute Gasteiger partial charge is 0.310 e. The van der Waals surface area contributed by atoms with Crippen molar-refractivity contribution in [2.24, 2.45) is 0 Å². The minimum absolute atomic E-state index is 0.0231. The molecule has 0 saturated heterocycles. The number of aliphatic carboxylic acids is 1. The number of benzene rings is 1. The molecule has 86 valence electrons. The van der Waals surface area contributed by atoms with E-state index < -0.39 is 11.9 Å². The summed E-state index contributed by atoms with van der Waals surface area (Å²) < 4.78 is 0. The average Bonchev–Trinajstić information content (AvgIpc) is 2.20. The van der Waals surface area contributed by atoms with Crippen LogP contribution in [0.5, 0.6) is 5.75 Å². The number of phenols is 1. The van der Waals surface area contributed by atoms with Crippen LogP contribution in [-0.4, -0.2) is 22.0 Å². The Balaban J connectivity index is 2.81. The van der Waals surface area contributed by atoms with Gasteiger partial charge in [-0.25, -0.2) is 0 Å². The Morgan fingerprint density at radius 2 is 1.81 bits per heavy atom. The summed E-state index contributed by atoms with van der Waals surface area (Å²) >= 11 is 0. The Bertz CT molecular complexity index is 381. The molecule has 4 heteroatoms. The Hall–Kier alpha value is -1.84. The Morgan fingerprint density at radius 3 is 2.25 bits per heavy atom. The first-order chi connectivity index (χ1) is 7.50. The highest BCUT2D eigenvalue weighted by Gasteiger charge is 2.19. The highest BCUT2D eigenvalue weighted by atomic mass is 16.4. The Kier molecular flexibility index (Phi) is 4.05. The van der Waals surface area contributed by atoms with Crippen molar-refractivity contribution in [3.63, 3.8) is 0 Å². The lowest BCUT2D eigenvalue weighted by molar-refractivity contribution is -0.139. The van der Waals surface area contributed by atoms with Crippen LogP contribution in [0.1, 0.15) is 31.2 Å². The lowest BCUT2D eigenvalue weighted by Crippen LogP contribution is -2.12. The first kappa shape index (κ1) is 12.2. The van der Waals surface area contributed by atoms with Gasteiger partial charge in [0, 0.05) is 6.42 Å². The standard InChI is InChI=1S/C12H14O4/c1-8(13)2-7-11(12(15)16)9-3-5-10(14)6-4-9/h3-6,11,14H,2,7H2,1H3,(H,15,16). The van der Waals surface area contributed by atoms with Crippen molar-refractivity contribution in [2.45, 2.75) is 25.7 Å². The number of rotatable bonds is 5. The van der Waals surface area contributed by atoms with Gasteiger partial charge in [0.25, 0.3) is 0 Å². The predicted molar refractivity (Wildman–Crippen MR) is 58.4 cm³/mol. The number of carbonyl (C=O) groups is 2. The maximum Gasteiger partial charge on any atom is 0.310 e. The molecule has 1 atom stereocenters. The third-order valence-corrected chi connectivity index (χ3v) is 2.38. The molecule has 4 nitrogen and oxygen atoms in total. The van der Waals surface area contributed by atoms with Crippen LogP contribution < -0.4 is 0 Å². The van der Waals surface area contributed by atoms with Crippen LogP contribution in [0, 0.1) is 0 Å². The normalized spacial score (nSPS) is 12.1. The molecular formula is C12H14O4. The summed E-state index contributed by atoms with van der Waals surface area (Å²) in [5.74, 6) is -1.57. The van der Waals surface area contributed by atoms with E-state index in [-0.39, 0.29) is 24.4 Å². The van der Waals surface area contributed by atoms with E-state index in [4.69, 9.17) is 10.2 Å². The number of ketones is 1. The molecule has 1 rings (SSSR count). The molecule has 0 radical (unpaired) electrons. The van der Waals surface area contributed by atoms with E-state index in [0.717, 1.165) is 0 Å².